The van der Waals surface area contributed by atoms with Crippen LogP contribution in [0.25, 0.3) is 10.8 Å². The number of hydrogen-bond acceptors (Lipinski definition) is 7. The van der Waals surface area contributed by atoms with Gasteiger partial charge in [-0.05, 0) is 11.4 Å². The fourth-order valence-electron chi connectivity index (χ4n) is 2.27. The molecule has 1 N–H and O–H groups in total. The molecule has 1 fully saturated rings. The topological polar surface area (TPSA) is 82.7 Å². The van der Waals surface area contributed by atoms with Gasteiger partial charge in [0.1, 0.15) is 6.61 Å². The van der Waals surface area contributed by atoms with Gasteiger partial charge in [0.15, 0.2) is 5.82 Å². The Balaban J connectivity index is 1.55. The number of piperazine rings is 1. The van der Waals surface area contributed by atoms with Crippen molar-refractivity contribution in [2.24, 2.45) is 0 Å². The number of carbonyl (C=O) groups excluding carboxylic acids is 1. The Morgan fingerprint density at radius 3 is 2.86 bits per heavy atom. The van der Waals surface area contributed by atoms with E-state index in [1.54, 1.807) is 16.2 Å². The van der Waals surface area contributed by atoms with Crippen molar-refractivity contribution in [1.82, 2.24) is 19.9 Å². The first-order valence-corrected chi connectivity index (χ1v) is 7.61. The summed E-state index contributed by atoms with van der Waals surface area (Å²) in [5, 5.41) is 14.8. The van der Waals surface area contributed by atoms with Crippen LogP contribution in [0, 0.1) is 0 Å². The Bertz CT molecular complexity index is 590. The van der Waals surface area contributed by atoms with E-state index in [0.29, 0.717) is 31.3 Å². The molecule has 0 spiro atoms. The number of rotatable bonds is 4. The molecule has 0 unspecified atom stereocenters. The van der Waals surface area contributed by atoms with E-state index in [0.717, 1.165) is 18.0 Å². The predicted octanol–water partition coefficient (Wildman–Crippen LogP) is 0.435. The number of nitrogens with zero attached hydrogens (tertiary/aromatic N) is 4. The second-order valence-corrected chi connectivity index (χ2v) is 5.76. The molecule has 1 saturated heterocycles. The zero-order valence-electron chi connectivity index (χ0n) is 11.4. The lowest BCUT2D eigenvalue weighted by Crippen LogP contribution is -2.49. The molecular weight excluding hydrogens is 292 g/mol. The molecule has 0 aliphatic carbocycles. The summed E-state index contributed by atoms with van der Waals surface area (Å²) in [6.45, 7) is 2.92. The largest absolute Gasteiger partial charge is 0.387 e. The van der Waals surface area contributed by atoms with Crippen molar-refractivity contribution in [2.75, 3.05) is 32.8 Å². The van der Waals surface area contributed by atoms with Crippen LogP contribution >= 0.6 is 11.3 Å². The van der Waals surface area contributed by atoms with E-state index in [4.69, 9.17) is 9.63 Å². The molecule has 1 aliphatic heterocycles. The molecule has 0 saturated carbocycles. The lowest BCUT2D eigenvalue weighted by atomic mass is 10.3. The number of aliphatic hydroxyl groups is 1. The molecule has 0 aromatic carbocycles. The third-order valence-electron chi connectivity index (χ3n) is 3.43. The zero-order chi connectivity index (χ0) is 14.7. The zero-order valence-corrected chi connectivity index (χ0v) is 12.3. The van der Waals surface area contributed by atoms with E-state index in [1.165, 1.54) is 0 Å². The lowest BCUT2D eigenvalue weighted by molar-refractivity contribution is -0.136. The van der Waals surface area contributed by atoms with E-state index in [-0.39, 0.29) is 5.91 Å². The maximum atomic E-state index is 11.4. The second kappa shape index (κ2) is 6.33. The molecule has 0 bridgehead atoms. The monoisotopic (exact) mass is 308 g/mol. The third-order valence-corrected chi connectivity index (χ3v) is 4.28. The molecule has 3 heterocycles. The van der Waals surface area contributed by atoms with Crippen LogP contribution in [0.15, 0.2) is 22.0 Å². The van der Waals surface area contributed by atoms with Gasteiger partial charge in [-0.2, -0.15) is 4.98 Å². The van der Waals surface area contributed by atoms with Crippen LogP contribution in [0.1, 0.15) is 5.82 Å². The summed E-state index contributed by atoms with van der Waals surface area (Å²) < 4.78 is 5.25. The Kier molecular flexibility index (Phi) is 4.28. The first-order valence-electron chi connectivity index (χ1n) is 6.73. The number of aromatic nitrogens is 2. The summed E-state index contributed by atoms with van der Waals surface area (Å²) in [7, 11) is 0. The minimum absolute atomic E-state index is 0.214. The quantitative estimate of drug-likeness (QED) is 0.882. The van der Waals surface area contributed by atoms with Gasteiger partial charge in [-0.1, -0.05) is 11.2 Å². The highest BCUT2D eigenvalue weighted by atomic mass is 32.1. The number of aliphatic hydroxyl groups excluding tert-OH is 1. The van der Waals surface area contributed by atoms with Gasteiger partial charge in [0.05, 0.1) is 11.4 Å². The van der Waals surface area contributed by atoms with Crippen molar-refractivity contribution >= 4 is 17.2 Å². The van der Waals surface area contributed by atoms with Gasteiger partial charge < -0.3 is 14.5 Å². The maximum absolute atomic E-state index is 11.4. The highest BCUT2D eigenvalue weighted by molar-refractivity contribution is 7.13. The Hall–Kier alpha value is -1.77. The van der Waals surface area contributed by atoms with E-state index in [1.807, 2.05) is 17.5 Å². The standard InChI is InChI=1S/C13H16N4O3S/c18-9-12(19)17-5-3-16(4-6-17)8-11-14-13(20-15-11)10-2-1-7-21-10/h1-2,7,18H,3-6,8-9H2. The Labute approximate surface area is 125 Å². The highest BCUT2D eigenvalue weighted by Crippen LogP contribution is 2.22. The van der Waals surface area contributed by atoms with Crippen LogP contribution in [0.4, 0.5) is 0 Å². The Morgan fingerprint density at radius 2 is 2.19 bits per heavy atom. The molecule has 3 rings (SSSR count). The van der Waals surface area contributed by atoms with Crippen LogP contribution in [0.3, 0.4) is 0 Å². The van der Waals surface area contributed by atoms with Crippen LogP contribution in [-0.4, -0.2) is 63.7 Å². The molecule has 7 nitrogen and oxygen atoms in total. The Morgan fingerprint density at radius 1 is 1.38 bits per heavy atom. The third kappa shape index (κ3) is 3.29. The summed E-state index contributed by atoms with van der Waals surface area (Å²) in [5.74, 6) is 0.989. The van der Waals surface area contributed by atoms with Crippen LogP contribution in [0.2, 0.25) is 0 Å². The van der Waals surface area contributed by atoms with Crippen molar-refractivity contribution in [3.8, 4) is 10.8 Å². The minimum atomic E-state index is -0.422. The molecule has 21 heavy (non-hydrogen) atoms. The first kappa shape index (κ1) is 14.2. The molecule has 1 amide bonds. The number of carbonyl (C=O) groups is 1. The lowest BCUT2D eigenvalue weighted by Gasteiger charge is -2.33. The van der Waals surface area contributed by atoms with Gasteiger partial charge in [0, 0.05) is 26.2 Å². The van der Waals surface area contributed by atoms with Crippen molar-refractivity contribution in [3.05, 3.63) is 23.3 Å². The van der Waals surface area contributed by atoms with Crippen LogP contribution in [0.5, 0.6) is 0 Å². The first-order chi connectivity index (χ1) is 10.3. The SMILES string of the molecule is O=C(CO)N1CCN(Cc2noc(-c3cccs3)n2)CC1. The average Bonchev–Trinajstić information content (AvgIpc) is 3.18. The molecule has 2 aromatic heterocycles. The molecule has 2 aromatic rings. The smallest absolute Gasteiger partial charge is 0.268 e. The van der Waals surface area contributed by atoms with Crippen LogP contribution < -0.4 is 0 Å². The summed E-state index contributed by atoms with van der Waals surface area (Å²) in [6, 6.07) is 3.89. The highest BCUT2D eigenvalue weighted by Gasteiger charge is 2.21. The van der Waals surface area contributed by atoms with Gasteiger partial charge in [0.25, 0.3) is 5.89 Å². The van der Waals surface area contributed by atoms with Gasteiger partial charge >= 0.3 is 0 Å². The number of hydrogen-bond donors (Lipinski definition) is 1. The maximum Gasteiger partial charge on any atom is 0.268 e. The van der Waals surface area contributed by atoms with Gasteiger partial charge in [-0.25, -0.2) is 0 Å². The van der Waals surface area contributed by atoms with E-state index < -0.39 is 6.61 Å². The van der Waals surface area contributed by atoms with E-state index in [2.05, 4.69) is 15.0 Å². The summed E-state index contributed by atoms with van der Waals surface area (Å²) in [6.07, 6.45) is 0. The fraction of sp³-hybridized carbons (Fsp3) is 0.462. The predicted molar refractivity (Wildman–Crippen MR) is 76.6 cm³/mol. The molecule has 1 aliphatic rings. The molecule has 112 valence electrons. The van der Waals surface area contributed by atoms with Crippen molar-refractivity contribution in [1.29, 1.82) is 0 Å². The summed E-state index contributed by atoms with van der Waals surface area (Å²) >= 11 is 1.56. The molecule has 0 atom stereocenters. The number of thiophene rings is 1. The van der Waals surface area contributed by atoms with Gasteiger partial charge in [0.2, 0.25) is 5.91 Å². The summed E-state index contributed by atoms with van der Waals surface area (Å²) in [4.78, 5) is 20.6. The molecule has 0 radical (unpaired) electrons. The minimum Gasteiger partial charge on any atom is -0.387 e. The molecular formula is C13H16N4O3S. The van der Waals surface area contributed by atoms with Crippen molar-refractivity contribution < 1.29 is 14.4 Å². The summed E-state index contributed by atoms with van der Waals surface area (Å²) in [5.41, 5.74) is 0. The normalized spacial score (nSPS) is 16.3. The van der Waals surface area contributed by atoms with Crippen molar-refractivity contribution in [2.45, 2.75) is 6.54 Å². The second-order valence-electron chi connectivity index (χ2n) is 4.81. The fourth-order valence-corrected chi connectivity index (χ4v) is 2.92. The number of amides is 1. The van der Waals surface area contributed by atoms with Gasteiger partial charge in [-0.15, -0.1) is 11.3 Å². The van der Waals surface area contributed by atoms with Crippen LogP contribution in [-0.2, 0) is 11.3 Å². The average molecular weight is 308 g/mol. The van der Waals surface area contributed by atoms with Crippen molar-refractivity contribution in [3.63, 3.8) is 0 Å². The molecule has 8 heteroatoms. The van der Waals surface area contributed by atoms with E-state index in [9.17, 15) is 4.79 Å². The van der Waals surface area contributed by atoms with E-state index >= 15 is 0 Å². The van der Waals surface area contributed by atoms with Gasteiger partial charge in [-0.3, -0.25) is 9.69 Å².